The Morgan fingerprint density at radius 3 is 2.48 bits per heavy atom. The van der Waals surface area contributed by atoms with Crippen LogP contribution in [-0.2, 0) is 13.0 Å². The van der Waals surface area contributed by atoms with Crippen LogP contribution in [0.25, 0.3) is 11.4 Å². The molecular weight excluding hydrogens is 362 g/mol. The first-order valence-electron chi connectivity index (χ1n) is 9.48. The third kappa shape index (κ3) is 4.55. The summed E-state index contributed by atoms with van der Waals surface area (Å²) in [5, 5.41) is 6.77. The van der Waals surface area contributed by atoms with Gasteiger partial charge in [0.2, 0.25) is 0 Å². The van der Waals surface area contributed by atoms with E-state index in [1.807, 2.05) is 59.5 Å². The van der Waals surface area contributed by atoms with Crippen LogP contribution >= 0.6 is 0 Å². The van der Waals surface area contributed by atoms with Crippen LogP contribution in [0.3, 0.4) is 0 Å². The molecule has 0 unspecified atom stereocenters. The van der Waals surface area contributed by atoms with Crippen LogP contribution in [0.5, 0.6) is 0 Å². The van der Waals surface area contributed by atoms with Crippen molar-refractivity contribution in [3.8, 4) is 11.4 Å². The van der Waals surface area contributed by atoms with Crippen LogP contribution < -0.4 is 0 Å². The minimum absolute atomic E-state index is 0.0446. The molecule has 6 heteroatoms. The number of aromatic nitrogens is 4. The van der Waals surface area contributed by atoms with Crippen molar-refractivity contribution < 1.29 is 4.79 Å². The van der Waals surface area contributed by atoms with Gasteiger partial charge in [-0.25, -0.2) is 4.98 Å². The first-order valence-corrected chi connectivity index (χ1v) is 9.48. The van der Waals surface area contributed by atoms with Gasteiger partial charge in [-0.2, -0.15) is 5.10 Å². The second kappa shape index (κ2) is 8.93. The lowest BCUT2D eigenvalue weighted by atomic mass is 10.0. The molecule has 0 fully saturated rings. The molecule has 1 N–H and O–H groups in total. The maximum Gasteiger partial charge on any atom is 0.254 e. The largest absolute Gasteiger partial charge is 0.334 e. The zero-order valence-electron chi connectivity index (χ0n) is 15.9. The Morgan fingerprint density at radius 1 is 0.931 bits per heavy atom. The third-order valence-corrected chi connectivity index (χ3v) is 4.72. The fourth-order valence-electron chi connectivity index (χ4n) is 3.25. The van der Waals surface area contributed by atoms with Gasteiger partial charge in [0, 0.05) is 31.0 Å². The Labute approximate surface area is 169 Å². The third-order valence-electron chi connectivity index (χ3n) is 4.72. The van der Waals surface area contributed by atoms with Crippen LogP contribution in [0, 0.1) is 0 Å². The summed E-state index contributed by atoms with van der Waals surface area (Å²) in [7, 11) is 0. The van der Waals surface area contributed by atoms with Crippen LogP contribution in [0.4, 0.5) is 0 Å². The minimum Gasteiger partial charge on any atom is -0.334 e. The number of hydrogen-bond acceptors (Lipinski definition) is 4. The molecule has 2 heterocycles. The zero-order chi connectivity index (χ0) is 19.9. The first-order chi connectivity index (χ1) is 14.3. The van der Waals surface area contributed by atoms with Gasteiger partial charge in [-0.3, -0.25) is 14.9 Å². The molecule has 0 atom stereocenters. The Morgan fingerprint density at radius 2 is 1.72 bits per heavy atom. The van der Waals surface area contributed by atoms with E-state index in [1.54, 1.807) is 12.4 Å². The highest BCUT2D eigenvalue weighted by atomic mass is 16.2. The van der Waals surface area contributed by atoms with Gasteiger partial charge >= 0.3 is 0 Å². The highest BCUT2D eigenvalue weighted by Crippen LogP contribution is 2.22. The molecule has 0 aliphatic rings. The van der Waals surface area contributed by atoms with Gasteiger partial charge in [-0.15, -0.1) is 0 Å². The van der Waals surface area contributed by atoms with E-state index in [4.69, 9.17) is 0 Å². The fraction of sp³-hybridized carbons (Fsp3) is 0.130. The van der Waals surface area contributed by atoms with Crippen LogP contribution in [0.2, 0.25) is 0 Å². The van der Waals surface area contributed by atoms with Crippen molar-refractivity contribution in [3.63, 3.8) is 0 Å². The van der Waals surface area contributed by atoms with E-state index < -0.39 is 0 Å². The Kier molecular flexibility index (Phi) is 5.71. The summed E-state index contributed by atoms with van der Waals surface area (Å²) < 4.78 is 0. The molecular formula is C23H21N5O. The summed E-state index contributed by atoms with van der Waals surface area (Å²) in [6.07, 6.45) is 5.75. The van der Waals surface area contributed by atoms with E-state index in [-0.39, 0.29) is 5.91 Å². The quantitative estimate of drug-likeness (QED) is 0.527. The van der Waals surface area contributed by atoms with Crippen LogP contribution in [0.15, 0.2) is 85.5 Å². The normalized spacial score (nSPS) is 10.6. The molecule has 4 aromatic rings. The maximum atomic E-state index is 13.5. The summed E-state index contributed by atoms with van der Waals surface area (Å²) in [6, 6.07) is 21.5. The lowest BCUT2D eigenvalue weighted by Crippen LogP contribution is -2.33. The van der Waals surface area contributed by atoms with Crippen LogP contribution in [-0.4, -0.2) is 37.5 Å². The van der Waals surface area contributed by atoms with Crippen molar-refractivity contribution in [1.82, 2.24) is 25.1 Å². The van der Waals surface area contributed by atoms with Crippen molar-refractivity contribution in [2.24, 2.45) is 0 Å². The summed E-state index contributed by atoms with van der Waals surface area (Å²) in [5.74, 6) is 0.537. The fourth-order valence-corrected chi connectivity index (χ4v) is 3.25. The number of nitrogens with one attached hydrogen (secondary N) is 1. The van der Waals surface area contributed by atoms with E-state index in [0.29, 0.717) is 24.5 Å². The highest BCUT2D eigenvalue weighted by molar-refractivity contribution is 6.00. The molecule has 0 saturated carbocycles. The first kappa shape index (κ1) is 18.6. The summed E-state index contributed by atoms with van der Waals surface area (Å²) in [4.78, 5) is 23.8. The van der Waals surface area contributed by atoms with E-state index in [2.05, 4.69) is 32.3 Å². The second-order valence-corrected chi connectivity index (χ2v) is 6.70. The minimum atomic E-state index is -0.0446. The number of carbonyl (C=O) groups is 1. The van der Waals surface area contributed by atoms with Gasteiger partial charge in [-0.1, -0.05) is 54.6 Å². The van der Waals surface area contributed by atoms with Crippen molar-refractivity contribution in [1.29, 1.82) is 0 Å². The topological polar surface area (TPSA) is 74.8 Å². The molecule has 4 rings (SSSR count). The summed E-state index contributed by atoms with van der Waals surface area (Å²) in [5.41, 5.74) is 3.53. The van der Waals surface area contributed by atoms with E-state index >= 15 is 0 Å². The molecule has 1 amide bonds. The molecule has 0 saturated heterocycles. The summed E-state index contributed by atoms with van der Waals surface area (Å²) >= 11 is 0. The lowest BCUT2D eigenvalue weighted by Gasteiger charge is -2.24. The average molecular weight is 383 g/mol. The molecule has 6 nitrogen and oxygen atoms in total. The number of benzene rings is 2. The molecule has 2 aromatic carbocycles. The number of rotatable bonds is 7. The van der Waals surface area contributed by atoms with E-state index in [0.717, 1.165) is 17.5 Å². The van der Waals surface area contributed by atoms with Crippen molar-refractivity contribution in [3.05, 3.63) is 102 Å². The molecule has 0 aliphatic carbocycles. The van der Waals surface area contributed by atoms with Gasteiger partial charge < -0.3 is 4.90 Å². The Balaban J connectivity index is 1.62. The SMILES string of the molecule is O=C(c1ccccc1-c1ncn[nH]1)N(CCc1ccccc1)Cc1cccnc1. The molecule has 144 valence electrons. The number of hydrogen-bond donors (Lipinski definition) is 1. The van der Waals surface area contributed by atoms with Gasteiger partial charge in [0.05, 0.1) is 5.56 Å². The smallest absolute Gasteiger partial charge is 0.254 e. The van der Waals surface area contributed by atoms with Gasteiger partial charge in [0.15, 0.2) is 5.82 Å². The number of nitrogens with zero attached hydrogens (tertiary/aromatic N) is 4. The summed E-state index contributed by atoms with van der Waals surface area (Å²) in [6.45, 7) is 1.09. The van der Waals surface area contributed by atoms with Crippen molar-refractivity contribution >= 4 is 5.91 Å². The van der Waals surface area contributed by atoms with Crippen LogP contribution in [0.1, 0.15) is 21.5 Å². The lowest BCUT2D eigenvalue weighted by molar-refractivity contribution is 0.0745. The molecule has 0 bridgehead atoms. The predicted octanol–water partition coefficient (Wildman–Crippen LogP) is 3.75. The molecule has 0 spiro atoms. The number of pyridine rings is 1. The monoisotopic (exact) mass is 383 g/mol. The number of carbonyl (C=O) groups excluding carboxylic acids is 1. The van der Waals surface area contributed by atoms with Gasteiger partial charge in [0.25, 0.3) is 5.91 Å². The van der Waals surface area contributed by atoms with E-state index in [1.165, 1.54) is 11.9 Å². The molecule has 0 aliphatic heterocycles. The zero-order valence-corrected chi connectivity index (χ0v) is 15.9. The van der Waals surface area contributed by atoms with Crippen molar-refractivity contribution in [2.45, 2.75) is 13.0 Å². The highest BCUT2D eigenvalue weighted by Gasteiger charge is 2.20. The van der Waals surface area contributed by atoms with E-state index in [9.17, 15) is 4.79 Å². The number of amides is 1. The Bertz CT molecular complexity index is 1050. The molecule has 29 heavy (non-hydrogen) atoms. The second-order valence-electron chi connectivity index (χ2n) is 6.70. The number of aromatic amines is 1. The standard InChI is InChI=1S/C23H21N5O/c29-23(21-11-5-4-10-20(21)22-25-17-26-27-22)28(16-19-9-6-13-24-15-19)14-12-18-7-2-1-3-8-18/h1-11,13,15,17H,12,14,16H2,(H,25,26,27). The van der Waals surface area contributed by atoms with Gasteiger partial charge in [0.1, 0.15) is 6.33 Å². The Hall–Kier alpha value is -3.80. The van der Waals surface area contributed by atoms with Gasteiger partial charge in [-0.05, 0) is 29.7 Å². The van der Waals surface area contributed by atoms with Crippen molar-refractivity contribution in [2.75, 3.05) is 6.54 Å². The predicted molar refractivity (Wildman–Crippen MR) is 111 cm³/mol. The molecule has 0 radical (unpaired) electrons. The maximum absolute atomic E-state index is 13.5. The number of H-pyrrole nitrogens is 1. The average Bonchev–Trinajstić information content (AvgIpc) is 3.32. The molecule has 2 aromatic heterocycles.